The summed E-state index contributed by atoms with van der Waals surface area (Å²) in [6.45, 7) is 2.87. The first-order valence-corrected chi connectivity index (χ1v) is 8.88. The number of rotatable bonds is 6. The molecule has 0 aromatic heterocycles. The maximum absolute atomic E-state index is 12.2. The largest absolute Gasteiger partial charge is 0.316 e. The van der Waals surface area contributed by atoms with Crippen LogP contribution in [0, 0.1) is 5.92 Å². The smallest absolute Gasteiger partial charge is 0.216 e. The molecule has 1 saturated carbocycles. The first kappa shape index (κ1) is 15.5. The van der Waals surface area contributed by atoms with Gasteiger partial charge in [-0.1, -0.05) is 37.6 Å². The summed E-state index contributed by atoms with van der Waals surface area (Å²) < 4.78 is 27.3. The van der Waals surface area contributed by atoms with E-state index in [4.69, 9.17) is 0 Å². The van der Waals surface area contributed by atoms with E-state index in [1.54, 1.807) is 0 Å². The highest BCUT2D eigenvalue weighted by Gasteiger charge is 2.27. The fourth-order valence-corrected chi connectivity index (χ4v) is 4.36. The normalized spacial score (nSPS) is 23.1. The lowest BCUT2D eigenvalue weighted by atomic mass is 10.1. The van der Waals surface area contributed by atoms with E-state index in [0.29, 0.717) is 5.92 Å². The molecule has 1 fully saturated rings. The van der Waals surface area contributed by atoms with E-state index in [2.05, 4.69) is 17.0 Å². The van der Waals surface area contributed by atoms with Gasteiger partial charge in [-0.2, -0.15) is 0 Å². The van der Waals surface area contributed by atoms with Gasteiger partial charge in [0.2, 0.25) is 10.0 Å². The second kappa shape index (κ2) is 6.70. The lowest BCUT2D eigenvalue weighted by molar-refractivity contribution is 0.476. The molecule has 4 nitrogen and oxygen atoms in total. The van der Waals surface area contributed by atoms with Crippen molar-refractivity contribution in [3.05, 3.63) is 35.4 Å². The van der Waals surface area contributed by atoms with Crippen LogP contribution in [0.5, 0.6) is 0 Å². The van der Waals surface area contributed by atoms with E-state index in [1.165, 1.54) is 0 Å². The van der Waals surface area contributed by atoms with Gasteiger partial charge in [0.25, 0.3) is 0 Å². The van der Waals surface area contributed by atoms with Gasteiger partial charge in [-0.15, -0.1) is 0 Å². The number of sulfonamides is 1. The van der Waals surface area contributed by atoms with Crippen LogP contribution >= 0.6 is 0 Å². The second-order valence-corrected chi connectivity index (χ2v) is 7.50. The Bertz CT molecular complexity index is 543. The van der Waals surface area contributed by atoms with Gasteiger partial charge >= 0.3 is 0 Å². The maximum atomic E-state index is 12.2. The second-order valence-electron chi connectivity index (χ2n) is 5.74. The summed E-state index contributed by atoms with van der Waals surface area (Å²) >= 11 is 0. The van der Waals surface area contributed by atoms with Crippen molar-refractivity contribution in [2.45, 2.75) is 44.5 Å². The lowest BCUT2D eigenvalue weighted by Gasteiger charge is -2.17. The summed E-state index contributed by atoms with van der Waals surface area (Å²) in [6, 6.07) is 7.85. The van der Waals surface area contributed by atoms with Crippen LogP contribution in [0.15, 0.2) is 24.3 Å². The van der Waals surface area contributed by atoms with Crippen molar-refractivity contribution in [2.75, 3.05) is 7.05 Å². The van der Waals surface area contributed by atoms with Crippen LogP contribution in [0.3, 0.4) is 0 Å². The average Bonchev–Trinajstić information content (AvgIpc) is 2.74. The molecule has 0 spiro atoms. The molecule has 20 heavy (non-hydrogen) atoms. The third-order valence-corrected chi connectivity index (χ3v) is 5.30. The van der Waals surface area contributed by atoms with Crippen molar-refractivity contribution in [1.82, 2.24) is 10.0 Å². The van der Waals surface area contributed by atoms with E-state index in [0.717, 1.165) is 36.9 Å². The molecule has 5 heteroatoms. The highest BCUT2D eigenvalue weighted by Crippen LogP contribution is 2.25. The molecular formula is C15H24N2O2S. The summed E-state index contributed by atoms with van der Waals surface area (Å²) in [5, 5.41) is 3.07. The Hall–Kier alpha value is -0.910. The van der Waals surface area contributed by atoms with Crippen LogP contribution in [0.2, 0.25) is 0 Å². The predicted octanol–water partition coefficient (Wildman–Crippen LogP) is 2.01. The van der Waals surface area contributed by atoms with Crippen LogP contribution in [-0.4, -0.2) is 21.5 Å². The van der Waals surface area contributed by atoms with Gasteiger partial charge < -0.3 is 5.32 Å². The molecule has 0 aliphatic heterocycles. The number of hydrogen-bond acceptors (Lipinski definition) is 3. The monoisotopic (exact) mass is 296 g/mol. The van der Waals surface area contributed by atoms with Crippen molar-refractivity contribution < 1.29 is 8.42 Å². The van der Waals surface area contributed by atoms with Gasteiger partial charge in [-0.3, -0.25) is 0 Å². The minimum atomic E-state index is -3.25. The zero-order chi connectivity index (χ0) is 14.6. The van der Waals surface area contributed by atoms with Crippen LogP contribution < -0.4 is 10.0 Å². The summed E-state index contributed by atoms with van der Waals surface area (Å²) in [5.41, 5.74) is 1.95. The van der Waals surface area contributed by atoms with E-state index in [1.807, 2.05) is 31.3 Å². The molecule has 0 bridgehead atoms. The molecule has 1 aromatic rings. The highest BCUT2D eigenvalue weighted by molar-refractivity contribution is 7.88. The van der Waals surface area contributed by atoms with Gasteiger partial charge in [0.15, 0.2) is 0 Å². The standard InChI is InChI=1S/C15H24N2O2S/c1-12-5-3-8-15(12)17-20(18,19)11-14-7-4-6-13(9-14)10-16-2/h4,6-7,9,12,15-17H,3,5,8,10-11H2,1-2H3. The van der Waals surface area contributed by atoms with Crippen LogP contribution in [0.1, 0.15) is 37.3 Å². The van der Waals surface area contributed by atoms with E-state index in [9.17, 15) is 8.42 Å². The van der Waals surface area contributed by atoms with E-state index < -0.39 is 10.0 Å². The molecule has 2 N–H and O–H groups in total. The average molecular weight is 296 g/mol. The van der Waals surface area contributed by atoms with Crippen LogP contribution in [0.25, 0.3) is 0 Å². The van der Waals surface area contributed by atoms with Gasteiger partial charge in [-0.25, -0.2) is 13.1 Å². The number of benzene rings is 1. The van der Waals surface area contributed by atoms with E-state index in [-0.39, 0.29) is 11.8 Å². The van der Waals surface area contributed by atoms with Crippen molar-refractivity contribution in [1.29, 1.82) is 0 Å². The summed E-state index contributed by atoms with van der Waals surface area (Å²) in [5.74, 6) is 0.508. The fraction of sp³-hybridized carbons (Fsp3) is 0.600. The highest BCUT2D eigenvalue weighted by atomic mass is 32.2. The quantitative estimate of drug-likeness (QED) is 0.844. The maximum Gasteiger partial charge on any atom is 0.216 e. The zero-order valence-electron chi connectivity index (χ0n) is 12.2. The molecule has 0 saturated heterocycles. The van der Waals surface area contributed by atoms with Crippen LogP contribution in [0.4, 0.5) is 0 Å². The molecule has 2 rings (SSSR count). The van der Waals surface area contributed by atoms with Gasteiger partial charge in [0.05, 0.1) is 5.75 Å². The Morgan fingerprint density at radius 1 is 1.25 bits per heavy atom. The summed E-state index contributed by atoms with van der Waals surface area (Å²) in [4.78, 5) is 0. The summed E-state index contributed by atoms with van der Waals surface area (Å²) in [6.07, 6.45) is 3.19. The number of nitrogens with one attached hydrogen (secondary N) is 2. The summed E-state index contributed by atoms with van der Waals surface area (Å²) in [7, 11) is -1.37. The van der Waals surface area contributed by atoms with Crippen molar-refractivity contribution in [3.63, 3.8) is 0 Å². The molecule has 0 radical (unpaired) electrons. The SMILES string of the molecule is CNCc1cccc(CS(=O)(=O)NC2CCCC2C)c1. The van der Waals surface area contributed by atoms with E-state index >= 15 is 0 Å². The lowest BCUT2D eigenvalue weighted by Crippen LogP contribution is -2.37. The molecule has 112 valence electrons. The molecule has 2 atom stereocenters. The first-order chi connectivity index (χ1) is 9.50. The minimum Gasteiger partial charge on any atom is -0.316 e. The van der Waals surface area contributed by atoms with Crippen molar-refractivity contribution >= 4 is 10.0 Å². The van der Waals surface area contributed by atoms with Crippen molar-refractivity contribution in [3.8, 4) is 0 Å². The fourth-order valence-electron chi connectivity index (χ4n) is 2.85. The van der Waals surface area contributed by atoms with Gasteiger partial charge in [-0.05, 0) is 36.9 Å². The Labute approximate surface area is 122 Å². The number of hydrogen-bond donors (Lipinski definition) is 2. The third-order valence-electron chi connectivity index (χ3n) is 3.92. The molecule has 1 aliphatic rings. The topological polar surface area (TPSA) is 58.2 Å². The molecule has 1 aliphatic carbocycles. The molecule has 0 amide bonds. The molecular weight excluding hydrogens is 272 g/mol. The van der Waals surface area contributed by atoms with Gasteiger partial charge in [0, 0.05) is 12.6 Å². The zero-order valence-corrected chi connectivity index (χ0v) is 13.0. The third kappa shape index (κ3) is 4.30. The first-order valence-electron chi connectivity index (χ1n) is 7.22. The van der Waals surface area contributed by atoms with Gasteiger partial charge in [0.1, 0.15) is 0 Å². The predicted molar refractivity (Wildman–Crippen MR) is 81.8 cm³/mol. The Balaban J connectivity index is 2.02. The Morgan fingerprint density at radius 3 is 2.65 bits per heavy atom. The molecule has 0 heterocycles. The molecule has 1 aromatic carbocycles. The minimum absolute atomic E-state index is 0.0633. The molecule has 2 unspecified atom stereocenters. The van der Waals surface area contributed by atoms with Crippen molar-refractivity contribution in [2.24, 2.45) is 5.92 Å². The van der Waals surface area contributed by atoms with Crippen LogP contribution in [-0.2, 0) is 22.3 Å². The Morgan fingerprint density at radius 2 is 2.00 bits per heavy atom. The Kier molecular flexibility index (Phi) is 5.18.